The van der Waals surface area contributed by atoms with E-state index >= 15 is 0 Å². The molecular weight excluding hydrogens is 248 g/mol. The molecule has 3 heteroatoms. The van der Waals surface area contributed by atoms with Gasteiger partial charge in [-0.05, 0) is 49.6 Å². The zero-order chi connectivity index (χ0) is 14.3. The monoisotopic (exact) mass is 268 g/mol. The number of nitrogens with one attached hydrogen (secondary N) is 1. The van der Waals surface area contributed by atoms with Gasteiger partial charge in [0.25, 0.3) is 0 Å². The summed E-state index contributed by atoms with van der Waals surface area (Å²) < 4.78 is 2.31. The first-order valence-electron chi connectivity index (χ1n) is 7.20. The van der Waals surface area contributed by atoms with Crippen molar-refractivity contribution >= 4 is 22.4 Å². The van der Waals surface area contributed by atoms with Gasteiger partial charge in [-0.2, -0.15) is 0 Å². The van der Waals surface area contributed by atoms with Crippen LogP contribution in [0.4, 0.5) is 0 Å². The number of carbonyl (C=O) groups is 1. The normalized spacial score (nSPS) is 15.8. The predicted molar refractivity (Wildman–Crippen MR) is 82.6 cm³/mol. The van der Waals surface area contributed by atoms with E-state index < -0.39 is 0 Å². The first kappa shape index (κ1) is 13.0. The highest BCUT2D eigenvalue weighted by atomic mass is 16.1. The molecule has 0 spiro atoms. The number of benzene rings is 1. The molecule has 2 heterocycles. The number of aryl methyl sites for hydroxylation is 1. The molecule has 3 rings (SSSR count). The first-order valence-corrected chi connectivity index (χ1v) is 7.20. The second-order valence-corrected chi connectivity index (χ2v) is 5.43. The number of hydrogen-bond acceptors (Lipinski definition) is 1. The number of allylic oxidation sites excluding steroid dienone is 1. The number of nitrogens with zero attached hydrogens (tertiary/aromatic N) is 1. The second-order valence-electron chi connectivity index (χ2n) is 5.43. The summed E-state index contributed by atoms with van der Waals surface area (Å²) in [6.45, 7) is 7.60. The fourth-order valence-electron chi connectivity index (χ4n) is 2.87. The molecule has 1 aliphatic rings. The van der Waals surface area contributed by atoms with Crippen molar-refractivity contribution in [3.05, 3.63) is 41.1 Å². The van der Waals surface area contributed by atoms with Gasteiger partial charge in [-0.3, -0.25) is 4.79 Å². The molecule has 104 valence electrons. The fraction of sp³-hybridized carbons (Fsp3) is 0.353. The molecule has 1 N–H and O–H groups in total. The average molecular weight is 268 g/mol. The molecule has 20 heavy (non-hydrogen) atoms. The maximum absolute atomic E-state index is 11.9. The lowest BCUT2D eigenvalue weighted by Gasteiger charge is -2.17. The van der Waals surface area contributed by atoms with Crippen molar-refractivity contribution in [2.45, 2.75) is 33.7 Å². The Morgan fingerprint density at radius 3 is 2.75 bits per heavy atom. The minimum Gasteiger partial charge on any atom is -0.351 e. The zero-order valence-corrected chi connectivity index (χ0v) is 12.3. The van der Waals surface area contributed by atoms with E-state index in [9.17, 15) is 4.79 Å². The molecule has 1 aromatic carbocycles. The first-order chi connectivity index (χ1) is 9.61. The molecule has 1 aliphatic heterocycles. The molecule has 1 amide bonds. The molecule has 0 fully saturated rings. The highest BCUT2D eigenvalue weighted by Crippen LogP contribution is 2.28. The maximum Gasteiger partial charge on any atom is 0.247 e. The van der Waals surface area contributed by atoms with E-state index in [2.05, 4.69) is 41.1 Å². The van der Waals surface area contributed by atoms with Crippen molar-refractivity contribution < 1.29 is 4.79 Å². The van der Waals surface area contributed by atoms with Crippen LogP contribution in [0.15, 0.2) is 29.8 Å². The van der Waals surface area contributed by atoms with Crippen LogP contribution >= 0.6 is 0 Å². The summed E-state index contributed by atoms with van der Waals surface area (Å²) >= 11 is 0. The molecular formula is C17H20N2O. The smallest absolute Gasteiger partial charge is 0.247 e. The summed E-state index contributed by atoms with van der Waals surface area (Å²) in [4.78, 5) is 11.9. The summed E-state index contributed by atoms with van der Waals surface area (Å²) in [6, 6.07) is 8.86. The molecule has 0 bridgehead atoms. The van der Waals surface area contributed by atoms with E-state index in [4.69, 9.17) is 0 Å². The molecule has 0 saturated heterocycles. The third kappa shape index (κ3) is 1.94. The van der Waals surface area contributed by atoms with Crippen molar-refractivity contribution in [2.24, 2.45) is 0 Å². The standard InChI is InChI=1S/C17H20N2O/c1-4-13-5-6-15-14(9-13)10-16-11(2)12(3)17(20)18-7-8-19(15)16/h5-6,9-10H,4,7-8H2,1-3H3,(H,18,20). The van der Waals surface area contributed by atoms with Gasteiger partial charge in [0.2, 0.25) is 5.91 Å². The summed E-state index contributed by atoms with van der Waals surface area (Å²) in [5, 5.41) is 4.23. The van der Waals surface area contributed by atoms with E-state index in [-0.39, 0.29) is 5.91 Å². The lowest BCUT2D eigenvalue weighted by molar-refractivity contribution is -0.117. The van der Waals surface area contributed by atoms with Gasteiger partial charge in [0, 0.05) is 35.3 Å². The lowest BCUT2D eigenvalue weighted by atomic mass is 10.1. The third-order valence-corrected chi connectivity index (χ3v) is 4.28. The van der Waals surface area contributed by atoms with Crippen LogP contribution in [0.25, 0.3) is 16.5 Å². The molecule has 0 saturated carbocycles. The van der Waals surface area contributed by atoms with Crippen LogP contribution in [0.1, 0.15) is 32.0 Å². The second kappa shape index (κ2) is 4.82. The van der Waals surface area contributed by atoms with Crippen LogP contribution in [-0.2, 0) is 17.8 Å². The highest BCUT2D eigenvalue weighted by molar-refractivity contribution is 6.01. The Labute approximate surface area is 119 Å². The molecule has 2 aromatic rings. The molecule has 0 aliphatic carbocycles. The van der Waals surface area contributed by atoms with Gasteiger partial charge in [0.15, 0.2) is 0 Å². The number of carbonyl (C=O) groups excluding carboxylic acids is 1. The number of rotatable bonds is 1. The van der Waals surface area contributed by atoms with Gasteiger partial charge in [-0.25, -0.2) is 0 Å². The van der Waals surface area contributed by atoms with Gasteiger partial charge >= 0.3 is 0 Å². The van der Waals surface area contributed by atoms with E-state index in [1.807, 2.05) is 13.8 Å². The number of fused-ring (bicyclic) bond motifs is 3. The number of amides is 1. The summed E-state index contributed by atoms with van der Waals surface area (Å²) in [6.07, 6.45) is 1.05. The lowest BCUT2D eigenvalue weighted by Crippen LogP contribution is -2.30. The Balaban J connectivity index is 2.27. The van der Waals surface area contributed by atoms with Crippen molar-refractivity contribution in [3.63, 3.8) is 0 Å². The fourth-order valence-corrected chi connectivity index (χ4v) is 2.87. The number of hydrogen-bond donors (Lipinski definition) is 1. The van der Waals surface area contributed by atoms with Crippen molar-refractivity contribution in [1.82, 2.24) is 9.88 Å². The van der Waals surface area contributed by atoms with E-state index in [1.165, 1.54) is 22.2 Å². The van der Waals surface area contributed by atoms with Crippen LogP contribution in [0.3, 0.4) is 0 Å². The van der Waals surface area contributed by atoms with Gasteiger partial charge in [-0.1, -0.05) is 13.0 Å². The summed E-state index contributed by atoms with van der Waals surface area (Å²) in [7, 11) is 0. The molecule has 1 aromatic heterocycles. The van der Waals surface area contributed by atoms with Gasteiger partial charge in [0.1, 0.15) is 0 Å². The average Bonchev–Trinajstić information content (AvgIpc) is 2.82. The Kier molecular flexibility index (Phi) is 3.13. The van der Waals surface area contributed by atoms with Crippen LogP contribution in [0.5, 0.6) is 0 Å². The Bertz CT molecular complexity index is 722. The molecule has 0 unspecified atom stereocenters. The summed E-state index contributed by atoms with van der Waals surface area (Å²) in [5.41, 5.74) is 5.64. The van der Waals surface area contributed by atoms with Crippen LogP contribution in [0, 0.1) is 0 Å². The summed E-state index contributed by atoms with van der Waals surface area (Å²) in [5.74, 6) is 0.0493. The van der Waals surface area contributed by atoms with Gasteiger partial charge in [-0.15, -0.1) is 0 Å². The highest BCUT2D eigenvalue weighted by Gasteiger charge is 2.17. The largest absolute Gasteiger partial charge is 0.351 e. The van der Waals surface area contributed by atoms with Crippen molar-refractivity contribution in [2.75, 3.05) is 6.54 Å². The predicted octanol–water partition coefficient (Wildman–Crippen LogP) is 3.13. The Morgan fingerprint density at radius 2 is 2.00 bits per heavy atom. The zero-order valence-electron chi connectivity index (χ0n) is 12.3. The third-order valence-electron chi connectivity index (χ3n) is 4.28. The Morgan fingerprint density at radius 1 is 1.20 bits per heavy atom. The maximum atomic E-state index is 11.9. The van der Waals surface area contributed by atoms with E-state index in [0.29, 0.717) is 6.54 Å². The SMILES string of the molecule is CCc1ccc2c(c1)cc1n2CCNC(=O)C(C)=C1C. The minimum absolute atomic E-state index is 0.0493. The van der Waals surface area contributed by atoms with Crippen molar-refractivity contribution in [1.29, 1.82) is 0 Å². The Hall–Kier alpha value is -2.03. The number of aromatic nitrogens is 1. The van der Waals surface area contributed by atoms with E-state index in [1.54, 1.807) is 0 Å². The topological polar surface area (TPSA) is 34.0 Å². The quantitative estimate of drug-likeness (QED) is 0.847. The van der Waals surface area contributed by atoms with Gasteiger partial charge in [0.05, 0.1) is 0 Å². The molecule has 0 atom stereocenters. The van der Waals surface area contributed by atoms with Crippen LogP contribution in [-0.4, -0.2) is 17.0 Å². The van der Waals surface area contributed by atoms with Gasteiger partial charge < -0.3 is 9.88 Å². The molecule has 3 nitrogen and oxygen atoms in total. The van der Waals surface area contributed by atoms with E-state index in [0.717, 1.165) is 24.1 Å². The minimum atomic E-state index is 0.0493. The molecule has 0 radical (unpaired) electrons. The van der Waals surface area contributed by atoms with Crippen LogP contribution < -0.4 is 5.32 Å². The van der Waals surface area contributed by atoms with Crippen LogP contribution in [0.2, 0.25) is 0 Å². The van der Waals surface area contributed by atoms with Crippen molar-refractivity contribution in [3.8, 4) is 0 Å².